The van der Waals surface area contributed by atoms with Gasteiger partial charge in [-0.05, 0) is 0 Å². The fourth-order valence-corrected chi connectivity index (χ4v) is 1.30. The molecule has 0 aliphatic heterocycles. The fourth-order valence-electron chi connectivity index (χ4n) is 1.30. The first kappa shape index (κ1) is 18.5. The summed E-state index contributed by atoms with van der Waals surface area (Å²) in [6, 6.07) is 0. The van der Waals surface area contributed by atoms with Crippen LogP contribution < -0.4 is 5.32 Å². The second-order valence-corrected chi connectivity index (χ2v) is 4.12. The number of hydrogen-bond donors (Lipinski definition) is 4. The van der Waals surface area contributed by atoms with Crippen LogP contribution >= 0.6 is 0 Å². The van der Waals surface area contributed by atoms with Crippen LogP contribution in [0.3, 0.4) is 0 Å². The minimum Gasteiger partial charge on any atom is -0.481 e. The molecule has 21 heavy (non-hydrogen) atoms. The van der Waals surface area contributed by atoms with Crippen molar-refractivity contribution >= 4 is 29.6 Å². The Morgan fingerprint density at radius 1 is 1.05 bits per heavy atom. The van der Waals surface area contributed by atoms with E-state index in [1.54, 1.807) is 0 Å². The normalized spacial score (nSPS) is 10.6. The van der Waals surface area contributed by atoms with Crippen molar-refractivity contribution in [2.45, 2.75) is 25.4 Å². The predicted molar refractivity (Wildman–Crippen MR) is 64.1 cm³/mol. The van der Waals surface area contributed by atoms with E-state index in [2.05, 4.69) is 4.74 Å². The number of Topliss-reactive ketones (excluding diaryl/α,β-unsaturated/α-hetero) is 1. The lowest BCUT2D eigenvalue weighted by Gasteiger charge is -2.23. The van der Waals surface area contributed by atoms with Crippen LogP contribution in [0.5, 0.6) is 0 Å². The van der Waals surface area contributed by atoms with E-state index in [-0.39, 0.29) is 13.2 Å². The molecular formula is C11H15NO9. The monoisotopic (exact) mass is 305 g/mol. The van der Waals surface area contributed by atoms with E-state index in [0.29, 0.717) is 0 Å². The number of nitrogens with one attached hydrogen (secondary N) is 1. The third-order valence-electron chi connectivity index (χ3n) is 2.22. The van der Waals surface area contributed by atoms with Crippen molar-refractivity contribution in [1.82, 2.24) is 5.32 Å². The first-order valence-electron chi connectivity index (χ1n) is 5.70. The summed E-state index contributed by atoms with van der Waals surface area (Å²) in [5, 5.41) is 29.0. The Balaban J connectivity index is 4.48. The second-order valence-electron chi connectivity index (χ2n) is 4.12. The number of ketones is 1. The number of esters is 1. The summed E-state index contributed by atoms with van der Waals surface area (Å²) in [6.45, 7) is 0.277. The highest BCUT2D eigenvalue weighted by atomic mass is 16.5. The Bertz CT molecular complexity index is 441. The molecule has 1 amide bonds. The van der Waals surface area contributed by atoms with Crippen molar-refractivity contribution in [3.05, 3.63) is 0 Å². The van der Waals surface area contributed by atoms with Crippen molar-refractivity contribution in [2.75, 3.05) is 13.2 Å². The molecule has 0 unspecified atom stereocenters. The van der Waals surface area contributed by atoms with Crippen molar-refractivity contribution in [1.29, 1.82) is 0 Å². The summed E-state index contributed by atoms with van der Waals surface area (Å²) in [7, 11) is 0. The van der Waals surface area contributed by atoms with Gasteiger partial charge in [0.2, 0.25) is 5.78 Å². The first-order chi connectivity index (χ1) is 9.58. The van der Waals surface area contributed by atoms with Gasteiger partial charge in [-0.2, -0.15) is 0 Å². The molecule has 10 heteroatoms. The van der Waals surface area contributed by atoms with Crippen molar-refractivity contribution < 1.29 is 44.0 Å². The van der Waals surface area contributed by atoms with Crippen LogP contribution in [0.2, 0.25) is 0 Å². The number of carbonyl (C=O) groups excluding carboxylic acids is 3. The lowest BCUT2D eigenvalue weighted by Crippen LogP contribution is -2.50. The van der Waals surface area contributed by atoms with Crippen LogP contribution in [-0.2, 0) is 28.7 Å². The van der Waals surface area contributed by atoms with Gasteiger partial charge < -0.3 is 25.4 Å². The largest absolute Gasteiger partial charge is 0.481 e. The number of hydrogen-bond acceptors (Lipinski definition) is 7. The van der Waals surface area contributed by atoms with Crippen molar-refractivity contribution in [2.24, 2.45) is 0 Å². The molecule has 0 radical (unpaired) electrons. The zero-order chi connectivity index (χ0) is 16.6. The highest BCUT2D eigenvalue weighted by molar-refractivity contribution is 6.32. The Morgan fingerprint density at radius 3 is 1.90 bits per heavy atom. The van der Waals surface area contributed by atoms with Crippen molar-refractivity contribution in [3.8, 4) is 0 Å². The van der Waals surface area contributed by atoms with Gasteiger partial charge in [-0.1, -0.05) is 0 Å². The van der Waals surface area contributed by atoms with E-state index < -0.39 is 48.0 Å². The lowest BCUT2D eigenvalue weighted by molar-refractivity contribution is -0.159. The van der Waals surface area contributed by atoms with Crippen LogP contribution in [0, 0.1) is 0 Å². The molecule has 10 nitrogen and oxygen atoms in total. The summed E-state index contributed by atoms with van der Waals surface area (Å²) in [5.74, 6) is -6.30. The van der Waals surface area contributed by atoms with Gasteiger partial charge in [-0.25, -0.2) is 4.79 Å². The van der Waals surface area contributed by atoms with E-state index in [0.717, 1.165) is 6.92 Å². The molecule has 0 bridgehead atoms. The molecule has 4 N–H and O–H groups in total. The number of aliphatic carboxylic acids is 2. The Hall–Kier alpha value is -2.49. The van der Waals surface area contributed by atoms with Gasteiger partial charge in [0.05, 0.1) is 19.4 Å². The van der Waals surface area contributed by atoms with Gasteiger partial charge in [0, 0.05) is 6.92 Å². The molecule has 0 aliphatic carbocycles. The third kappa shape index (κ3) is 7.01. The molecule has 0 aromatic carbocycles. The molecule has 0 saturated carbocycles. The fraction of sp³-hybridized carbons (Fsp3) is 0.545. The minimum atomic E-state index is -2.62. The summed E-state index contributed by atoms with van der Waals surface area (Å²) in [4.78, 5) is 54.1. The number of ether oxygens (including phenoxy) is 1. The van der Waals surface area contributed by atoms with Gasteiger partial charge in [-0.3, -0.25) is 19.2 Å². The zero-order valence-corrected chi connectivity index (χ0v) is 11.1. The van der Waals surface area contributed by atoms with Gasteiger partial charge in [0.15, 0.2) is 5.60 Å². The number of carboxylic acids is 2. The van der Waals surface area contributed by atoms with Crippen molar-refractivity contribution in [3.63, 3.8) is 0 Å². The molecule has 0 rings (SSSR count). The SMILES string of the molecule is CC(=O)C(=O)OCCNC(=O)C(O)(CC(=O)O)CC(=O)O. The van der Waals surface area contributed by atoms with Gasteiger partial charge >= 0.3 is 17.9 Å². The van der Waals surface area contributed by atoms with E-state index in [9.17, 15) is 29.1 Å². The Morgan fingerprint density at radius 2 is 1.52 bits per heavy atom. The van der Waals surface area contributed by atoms with Crippen LogP contribution in [-0.4, -0.2) is 63.7 Å². The Kier molecular flexibility index (Phi) is 7.00. The number of carboxylic acid groups (broad SMARTS) is 2. The minimum absolute atomic E-state index is 0.320. The van der Waals surface area contributed by atoms with E-state index in [1.807, 2.05) is 5.32 Å². The predicted octanol–water partition coefficient (Wildman–Crippen LogP) is -2.08. The first-order valence-corrected chi connectivity index (χ1v) is 5.70. The molecule has 0 aliphatic rings. The van der Waals surface area contributed by atoms with Gasteiger partial charge in [0.1, 0.15) is 6.61 Å². The highest BCUT2D eigenvalue weighted by Crippen LogP contribution is 2.16. The molecule has 0 fully saturated rings. The summed E-state index contributed by atoms with van der Waals surface area (Å²) < 4.78 is 4.41. The molecular weight excluding hydrogens is 290 g/mol. The zero-order valence-electron chi connectivity index (χ0n) is 11.1. The maximum atomic E-state index is 11.6. The molecule has 0 heterocycles. The van der Waals surface area contributed by atoms with E-state index in [1.165, 1.54) is 0 Å². The second kappa shape index (κ2) is 7.94. The molecule has 118 valence electrons. The maximum Gasteiger partial charge on any atom is 0.374 e. The third-order valence-corrected chi connectivity index (χ3v) is 2.22. The summed E-state index contributed by atoms with van der Waals surface area (Å²) in [5.41, 5.74) is -2.62. The topological polar surface area (TPSA) is 167 Å². The molecule has 0 aromatic rings. The standard InChI is InChI=1S/C11H15NO9/c1-6(13)9(18)21-3-2-12-10(19)11(20,4-7(14)15)5-8(16)17/h20H,2-5H2,1H3,(H,12,19)(H,14,15)(H,16,17). The van der Waals surface area contributed by atoms with Crippen LogP contribution in [0.1, 0.15) is 19.8 Å². The number of amides is 1. The number of rotatable bonds is 9. The summed E-state index contributed by atoms with van der Waals surface area (Å²) >= 11 is 0. The van der Waals surface area contributed by atoms with Crippen LogP contribution in [0.15, 0.2) is 0 Å². The average molecular weight is 305 g/mol. The smallest absolute Gasteiger partial charge is 0.374 e. The summed E-state index contributed by atoms with van der Waals surface area (Å²) in [6.07, 6.45) is -2.20. The maximum absolute atomic E-state index is 11.6. The Labute approximate surface area is 118 Å². The average Bonchev–Trinajstić information content (AvgIpc) is 2.31. The lowest BCUT2D eigenvalue weighted by atomic mass is 9.94. The number of carbonyl (C=O) groups is 5. The van der Waals surface area contributed by atoms with Gasteiger partial charge in [-0.15, -0.1) is 0 Å². The quantitative estimate of drug-likeness (QED) is 0.212. The highest BCUT2D eigenvalue weighted by Gasteiger charge is 2.40. The molecule has 0 aromatic heterocycles. The number of aliphatic hydroxyl groups is 1. The van der Waals surface area contributed by atoms with Crippen LogP contribution in [0.25, 0.3) is 0 Å². The van der Waals surface area contributed by atoms with Crippen LogP contribution in [0.4, 0.5) is 0 Å². The van der Waals surface area contributed by atoms with E-state index >= 15 is 0 Å². The van der Waals surface area contributed by atoms with Gasteiger partial charge in [0.25, 0.3) is 5.91 Å². The molecule has 0 atom stereocenters. The molecule has 0 saturated heterocycles. The molecule has 0 spiro atoms. The van der Waals surface area contributed by atoms with E-state index in [4.69, 9.17) is 10.2 Å².